The number of fused-ring (bicyclic) bond motifs is 2. The van der Waals surface area contributed by atoms with Gasteiger partial charge in [-0.05, 0) is 54.0 Å². The van der Waals surface area contributed by atoms with Crippen molar-refractivity contribution < 1.29 is 19.4 Å². The van der Waals surface area contributed by atoms with Crippen LogP contribution >= 0.6 is 0 Å². The molecule has 0 aromatic heterocycles. The van der Waals surface area contributed by atoms with Crippen molar-refractivity contribution in [2.75, 3.05) is 5.32 Å². The van der Waals surface area contributed by atoms with Gasteiger partial charge in [-0.1, -0.05) is 30.3 Å². The van der Waals surface area contributed by atoms with Crippen LogP contribution in [-0.2, 0) is 21.6 Å². The van der Waals surface area contributed by atoms with Crippen molar-refractivity contribution in [1.29, 1.82) is 0 Å². The number of ether oxygens (including phenoxy) is 1. The highest BCUT2D eigenvalue weighted by Crippen LogP contribution is 2.64. The molecule has 0 spiro atoms. The van der Waals surface area contributed by atoms with E-state index < -0.39 is 12.1 Å². The zero-order chi connectivity index (χ0) is 17.9. The number of carboxylic acids is 1. The summed E-state index contributed by atoms with van der Waals surface area (Å²) in [6, 6.07) is 14.2. The number of nitrogens with one attached hydrogen (secondary N) is 1. The average molecular weight is 349 g/mol. The van der Waals surface area contributed by atoms with E-state index in [9.17, 15) is 14.7 Å². The van der Waals surface area contributed by atoms with Crippen molar-refractivity contribution in [1.82, 2.24) is 0 Å². The number of aliphatic carboxylic acids is 1. The summed E-state index contributed by atoms with van der Waals surface area (Å²) in [7, 11) is 0. The minimum atomic E-state index is -0.653. The Labute approximate surface area is 151 Å². The van der Waals surface area contributed by atoms with E-state index >= 15 is 0 Å². The first kappa shape index (κ1) is 15.4. The maximum absolute atomic E-state index is 11.6. The van der Waals surface area contributed by atoms with Crippen LogP contribution in [0.3, 0.4) is 0 Å². The molecule has 3 saturated carbocycles. The van der Waals surface area contributed by atoms with Gasteiger partial charge in [0, 0.05) is 11.0 Å². The molecule has 4 aliphatic rings. The third-order valence-corrected chi connectivity index (χ3v) is 6.41. The van der Waals surface area contributed by atoms with Gasteiger partial charge in [0.1, 0.15) is 6.61 Å². The Bertz CT molecular complexity index is 916. The highest BCUT2D eigenvalue weighted by molar-refractivity contribution is 5.88. The molecular weight excluding hydrogens is 330 g/mol. The first-order chi connectivity index (χ1) is 12.6. The Kier molecular flexibility index (Phi) is 3.17. The van der Waals surface area contributed by atoms with Crippen molar-refractivity contribution in [3.63, 3.8) is 0 Å². The summed E-state index contributed by atoms with van der Waals surface area (Å²) in [4.78, 5) is 22.9. The van der Waals surface area contributed by atoms with Gasteiger partial charge < -0.3 is 9.84 Å². The molecular formula is C21H19NO4. The van der Waals surface area contributed by atoms with Gasteiger partial charge in [-0.2, -0.15) is 0 Å². The Morgan fingerprint density at radius 3 is 2.65 bits per heavy atom. The summed E-state index contributed by atoms with van der Waals surface area (Å²) in [5.74, 6) is -0.527. The monoisotopic (exact) mass is 349 g/mol. The van der Waals surface area contributed by atoms with Gasteiger partial charge in [-0.15, -0.1) is 0 Å². The lowest BCUT2D eigenvalue weighted by Gasteiger charge is -2.45. The van der Waals surface area contributed by atoms with E-state index in [2.05, 4.69) is 29.6 Å². The van der Waals surface area contributed by atoms with Crippen LogP contribution in [0, 0.1) is 11.8 Å². The second-order valence-electron chi connectivity index (χ2n) is 7.63. The maximum Gasteiger partial charge on any atom is 0.411 e. The van der Waals surface area contributed by atoms with Crippen LogP contribution in [0.4, 0.5) is 10.5 Å². The Balaban J connectivity index is 1.44. The number of carbonyl (C=O) groups excluding carboxylic acids is 1. The summed E-state index contributed by atoms with van der Waals surface area (Å²) in [5, 5.41) is 12.3. The lowest BCUT2D eigenvalue weighted by molar-refractivity contribution is -0.150. The van der Waals surface area contributed by atoms with Crippen molar-refractivity contribution >= 4 is 17.7 Å². The van der Waals surface area contributed by atoms with Gasteiger partial charge in [0.25, 0.3) is 0 Å². The molecule has 3 aliphatic carbocycles. The van der Waals surface area contributed by atoms with Gasteiger partial charge in [-0.3, -0.25) is 10.1 Å². The zero-order valence-corrected chi connectivity index (χ0v) is 14.2. The molecule has 2 bridgehead atoms. The molecule has 3 fully saturated rings. The fourth-order valence-electron chi connectivity index (χ4n) is 5.15. The summed E-state index contributed by atoms with van der Waals surface area (Å²) in [6.07, 6.45) is 2.58. The number of rotatable bonds is 3. The van der Waals surface area contributed by atoms with Gasteiger partial charge >= 0.3 is 12.1 Å². The smallest absolute Gasteiger partial charge is 0.411 e. The fourth-order valence-corrected chi connectivity index (χ4v) is 5.15. The van der Waals surface area contributed by atoms with Crippen LogP contribution in [0.5, 0.6) is 0 Å². The highest BCUT2D eigenvalue weighted by atomic mass is 16.5. The SMILES string of the molecule is O=C1Nc2ccc(-c3ccc([C@]45CC[C@H](C4)[C@H]5C(=O)O)cc3)cc2CO1. The van der Waals surface area contributed by atoms with Crippen molar-refractivity contribution in [2.24, 2.45) is 11.8 Å². The Morgan fingerprint density at radius 1 is 1.15 bits per heavy atom. The molecule has 26 heavy (non-hydrogen) atoms. The molecule has 1 aliphatic heterocycles. The van der Waals surface area contributed by atoms with Gasteiger partial charge in [0.15, 0.2) is 0 Å². The third-order valence-electron chi connectivity index (χ3n) is 6.41. The molecule has 5 nitrogen and oxygen atoms in total. The first-order valence-corrected chi connectivity index (χ1v) is 8.97. The average Bonchev–Trinajstić information content (AvgIpc) is 3.22. The van der Waals surface area contributed by atoms with Crippen LogP contribution in [-0.4, -0.2) is 17.2 Å². The number of carbonyl (C=O) groups is 2. The van der Waals surface area contributed by atoms with Gasteiger partial charge in [0.2, 0.25) is 0 Å². The number of cyclic esters (lactones) is 1. The van der Waals surface area contributed by atoms with Crippen molar-refractivity contribution in [2.45, 2.75) is 31.3 Å². The Hall–Kier alpha value is -2.82. The molecule has 0 unspecified atom stereocenters. The summed E-state index contributed by atoms with van der Waals surface area (Å²) >= 11 is 0. The van der Waals surface area contributed by atoms with Crippen molar-refractivity contribution in [3.05, 3.63) is 53.6 Å². The standard InChI is InChI=1S/C21H19NO4/c23-19(24)18-14-7-8-21(18,10-14)16-4-1-12(2-5-16)13-3-6-17-15(9-13)11-26-20(25)22-17/h1-6,9,14,18H,7-8,10-11H2,(H,22,25)(H,23,24)/t14-,18+,21+/m1/s1. The van der Waals surface area contributed by atoms with E-state index in [4.69, 9.17) is 4.74 Å². The zero-order valence-electron chi connectivity index (χ0n) is 14.2. The van der Waals surface area contributed by atoms with E-state index in [1.54, 1.807) is 0 Å². The second-order valence-corrected chi connectivity index (χ2v) is 7.63. The maximum atomic E-state index is 11.6. The normalized spacial score (nSPS) is 28.5. The summed E-state index contributed by atoms with van der Waals surface area (Å²) < 4.78 is 5.03. The molecule has 2 aromatic carbocycles. The number of carboxylic acid groups (broad SMARTS) is 1. The fraction of sp³-hybridized carbons (Fsp3) is 0.333. The molecule has 0 radical (unpaired) electrons. The molecule has 1 amide bonds. The highest BCUT2D eigenvalue weighted by Gasteiger charge is 2.62. The second kappa shape index (κ2) is 5.34. The molecule has 1 heterocycles. The molecule has 6 rings (SSSR count). The lowest BCUT2D eigenvalue weighted by Crippen LogP contribution is -2.48. The number of anilines is 1. The number of benzene rings is 2. The number of hydrogen-bond acceptors (Lipinski definition) is 3. The summed E-state index contributed by atoms with van der Waals surface area (Å²) in [6.45, 7) is 0.276. The first-order valence-electron chi connectivity index (χ1n) is 8.97. The van der Waals surface area contributed by atoms with Crippen LogP contribution < -0.4 is 5.32 Å². The van der Waals surface area contributed by atoms with E-state index in [0.29, 0.717) is 5.92 Å². The molecule has 3 atom stereocenters. The van der Waals surface area contributed by atoms with Crippen LogP contribution in [0.1, 0.15) is 30.4 Å². The molecule has 132 valence electrons. The van der Waals surface area contributed by atoms with E-state index in [1.807, 2.05) is 18.2 Å². The number of hydrogen-bond donors (Lipinski definition) is 2. The molecule has 2 N–H and O–H groups in total. The minimum Gasteiger partial charge on any atom is -0.481 e. The molecule has 5 heteroatoms. The van der Waals surface area contributed by atoms with Crippen molar-refractivity contribution in [3.8, 4) is 11.1 Å². The Morgan fingerprint density at radius 2 is 1.92 bits per heavy atom. The van der Waals surface area contributed by atoms with Gasteiger partial charge in [0.05, 0.1) is 11.6 Å². The predicted octanol–water partition coefficient (Wildman–Crippen LogP) is 4.17. The van der Waals surface area contributed by atoms with Gasteiger partial charge in [-0.25, -0.2) is 4.79 Å². The molecule has 0 saturated heterocycles. The third kappa shape index (κ3) is 2.09. The molecule has 2 aromatic rings. The lowest BCUT2D eigenvalue weighted by atomic mass is 9.57. The van der Waals surface area contributed by atoms with Crippen LogP contribution in [0.25, 0.3) is 11.1 Å². The largest absolute Gasteiger partial charge is 0.481 e. The van der Waals surface area contributed by atoms with E-state index in [1.165, 1.54) is 0 Å². The van der Waals surface area contributed by atoms with Crippen LogP contribution in [0.15, 0.2) is 42.5 Å². The topological polar surface area (TPSA) is 75.6 Å². The van der Waals surface area contributed by atoms with Crippen LogP contribution in [0.2, 0.25) is 0 Å². The van der Waals surface area contributed by atoms with E-state index in [0.717, 1.165) is 47.2 Å². The number of amides is 1. The summed E-state index contributed by atoms with van der Waals surface area (Å²) in [5.41, 5.74) is 4.86. The minimum absolute atomic E-state index is 0.164. The predicted molar refractivity (Wildman–Crippen MR) is 95.8 cm³/mol. The van der Waals surface area contributed by atoms with E-state index in [-0.39, 0.29) is 17.9 Å². The quantitative estimate of drug-likeness (QED) is 0.872.